The quantitative estimate of drug-likeness (QED) is 0.869. The molecule has 0 bridgehead atoms. The first-order valence-corrected chi connectivity index (χ1v) is 6.00. The van der Waals surface area contributed by atoms with E-state index in [2.05, 4.69) is 5.32 Å². The third-order valence-electron chi connectivity index (χ3n) is 2.81. The lowest BCUT2D eigenvalue weighted by Gasteiger charge is -2.21. The smallest absolute Gasteiger partial charge is 0.251 e. The number of hydrogen-bond donors (Lipinski definition) is 2. The maximum Gasteiger partial charge on any atom is 0.251 e. The van der Waals surface area contributed by atoms with E-state index >= 15 is 0 Å². The van der Waals surface area contributed by atoms with Crippen molar-refractivity contribution in [2.45, 2.75) is 32.8 Å². The number of amides is 1. The first kappa shape index (κ1) is 14.0. The van der Waals surface area contributed by atoms with Crippen molar-refractivity contribution in [2.24, 2.45) is 0 Å². The van der Waals surface area contributed by atoms with Crippen LogP contribution in [-0.4, -0.2) is 23.2 Å². The fourth-order valence-electron chi connectivity index (χ4n) is 1.28. The van der Waals surface area contributed by atoms with Crippen LogP contribution >= 0.6 is 11.6 Å². The molecule has 2 N–H and O–H groups in total. The summed E-state index contributed by atoms with van der Waals surface area (Å²) in [5.74, 6) is -0.196. The van der Waals surface area contributed by atoms with Crippen LogP contribution in [0, 0.1) is 6.92 Å². The molecule has 94 valence electrons. The Kier molecular flexibility index (Phi) is 4.54. The van der Waals surface area contributed by atoms with Crippen LogP contribution < -0.4 is 5.32 Å². The van der Waals surface area contributed by atoms with Gasteiger partial charge >= 0.3 is 0 Å². The van der Waals surface area contributed by atoms with Gasteiger partial charge in [-0.3, -0.25) is 4.79 Å². The zero-order chi connectivity index (χ0) is 13.1. The number of aryl methyl sites for hydroxylation is 1. The van der Waals surface area contributed by atoms with Crippen LogP contribution in [-0.2, 0) is 0 Å². The molecular weight excluding hydrogens is 238 g/mol. The zero-order valence-electron chi connectivity index (χ0n) is 10.4. The van der Waals surface area contributed by atoms with Gasteiger partial charge in [0.15, 0.2) is 0 Å². The number of nitrogens with one attached hydrogen (secondary N) is 1. The minimum atomic E-state index is -0.864. The molecule has 0 fully saturated rings. The summed E-state index contributed by atoms with van der Waals surface area (Å²) in [7, 11) is 0. The fraction of sp³-hybridized carbons (Fsp3) is 0.462. The number of halogens is 1. The van der Waals surface area contributed by atoms with Crippen molar-refractivity contribution >= 4 is 17.5 Å². The molecule has 1 atom stereocenters. The standard InChI is InChI=1S/C13H18ClNO2/c1-4-13(3,17)8-15-12(16)10-5-6-11(14)9(2)7-10/h5-7,17H,4,8H2,1-3H3,(H,15,16). The molecule has 0 heterocycles. The van der Waals surface area contributed by atoms with E-state index in [9.17, 15) is 9.90 Å². The molecule has 0 aromatic heterocycles. The molecular formula is C13H18ClNO2. The van der Waals surface area contributed by atoms with Gasteiger partial charge in [-0.05, 0) is 44.0 Å². The van der Waals surface area contributed by atoms with Crippen LogP contribution in [0.4, 0.5) is 0 Å². The van der Waals surface area contributed by atoms with Crippen LogP contribution in [0.2, 0.25) is 5.02 Å². The normalized spacial score (nSPS) is 14.2. The van der Waals surface area contributed by atoms with Gasteiger partial charge in [0, 0.05) is 17.1 Å². The Morgan fingerprint density at radius 3 is 2.71 bits per heavy atom. The number of benzene rings is 1. The largest absolute Gasteiger partial charge is 0.388 e. The Balaban J connectivity index is 2.68. The molecule has 1 amide bonds. The van der Waals surface area contributed by atoms with Crippen LogP contribution in [0.25, 0.3) is 0 Å². The summed E-state index contributed by atoms with van der Waals surface area (Å²) >= 11 is 5.89. The first-order chi connectivity index (χ1) is 7.85. The number of rotatable bonds is 4. The van der Waals surface area contributed by atoms with E-state index < -0.39 is 5.60 Å². The predicted octanol–water partition coefficient (Wildman–Crippen LogP) is 2.54. The van der Waals surface area contributed by atoms with Gasteiger partial charge in [0.2, 0.25) is 0 Å². The fourth-order valence-corrected chi connectivity index (χ4v) is 1.40. The van der Waals surface area contributed by atoms with Crippen molar-refractivity contribution in [1.82, 2.24) is 5.32 Å². The highest BCUT2D eigenvalue weighted by Gasteiger charge is 2.18. The molecule has 4 heteroatoms. The zero-order valence-corrected chi connectivity index (χ0v) is 11.1. The van der Waals surface area contributed by atoms with Crippen molar-refractivity contribution < 1.29 is 9.90 Å². The van der Waals surface area contributed by atoms with Gasteiger partial charge in [-0.2, -0.15) is 0 Å². The molecule has 17 heavy (non-hydrogen) atoms. The average molecular weight is 256 g/mol. The lowest BCUT2D eigenvalue weighted by atomic mass is 10.0. The molecule has 0 spiro atoms. The Bertz CT molecular complexity index is 416. The van der Waals surface area contributed by atoms with Crippen molar-refractivity contribution in [3.8, 4) is 0 Å². The van der Waals surface area contributed by atoms with Crippen LogP contribution in [0.3, 0.4) is 0 Å². The summed E-state index contributed by atoms with van der Waals surface area (Å²) < 4.78 is 0. The third-order valence-corrected chi connectivity index (χ3v) is 3.24. The number of carbonyl (C=O) groups is 1. The molecule has 1 aromatic carbocycles. The highest BCUT2D eigenvalue weighted by molar-refractivity contribution is 6.31. The summed E-state index contributed by atoms with van der Waals surface area (Å²) in [5, 5.41) is 13.1. The van der Waals surface area contributed by atoms with E-state index in [1.54, 1.807) is 25.1 Å². The van der Waals surface area contributed by atoms with Gasteiger partial charge in [-0.1, -0.05) is 18.5 Å². The summed E-state index contributed by atoms with van der Waals surface area (Å²) in [4.78, 5) is 11.8. The summed E-state index contributed by atoms with van der Waals surface area (Å²) in [6.07, 6.45) is 0.590. The van der Waals surface area contributed by atoms with Gasteiger partial charge in [0.05, 0.1) is 5.60 Å². The average Bonchev–Trinajstić information content (AvgIpc) is 2.30. The summed E-state index contributed by atoms with van der Waals surface area (Å²) in [5.41, 5.74) is 0.553. The second-order valence-electron chi connectivity index (χ2n) is 4.50. The molecule has 0 saturated heterocycles. The van der Waals surface area contributed by atoms with E-state index in [0.29, 0.717) is 17.0 Å². The number of hydrogen-bond acceptors (Lipinski definition) is 2. The van der Waals surface area contributed by atoms with Crippen LogP contribution in [0.15, 0.2) is 18.2 Å². The monoisotopic (exact) mass is 255 g/mol. The SMILES string of the molecule is CCC(C)(O)CNC(=O)c1ccc(Cl)c(C)c1. The van der Waals surface area contributed by atoms with Crippen LogP contribution in [0.5, 0.6) is 0 Å². The molecule has 0 aliphatic rings. The van der Waals surface area contributed by atoms with Gasteiger partial charge in [-0.25, -0.2) is 0 Å². The molecule has 1 rings (SSSR count). The molecule has 0 aliphatic heterocycles. The van der Waals surface area contributed by atoms with Gasteiger partial charge < -0.3 is 10.4 Å². The Labute approximate surface area is 107 Å². The van der Waals surface area contributed by atoms with E-state index in [1.165, 1.54) is 0 Å². The first-order valence-electron chi connectivity index (χ1n) is 5.62. The van der Waals surface area contributed by atoms with Gasteiger partial charge in [-0.15, -0.1) is 0 Å². The third kappa shape index (κ3) is 4.02. The van der Waals surface area contributed by atoms with Crippen molar-refractivity contribution in [2.75, 3.05) is 6.54 Å². The van der Waals surface area contributed by atoms with Crippen molar-refractivity contribution in [3.63, 3.8) is 0 Å². The van der Waals surface area contributed by atoms with E-state index in [0.717, 1.165) is 5.56 Å². The molecule has 0 saturated carbocycles. The summed E-state index contributed by atoms with van der Waals surface area (Å²) in [6, 6.07) is 5.10. The van der Waals surface area contributed by atoms with E-state index in [4.69, 9.17) is 11.6 Å². The maximum atomic E-state index is 11.8. The molecule has 1 unspecified atom stereocenters. The molecule has 0 aliphatic carbocycles. The van der Waals surface area contributed by atoms with Gasteiger partial charge in [0.1, 0.15) is 0 Å². The highest BCUT2D eigenvalue weighted by Crippen LogP contribution is 2.16. The number of carbonyl (C=O) groups excluding carboxylic acids is 1. The van der Waals surface area contributed by atoms with Gasteiger partial charge in [0.25, 0.3) is 5.91 Å². The maximum absolute atomic E-state index is 11.8. The second kappa shape index (κ2) is 5.52. The van der Waals surface area contributed by atoms with Crippen LogP contribution in [0.1, 0.15) is 36.2 Å². The van der Waals surface area contributed by atoms with E-state index in [1.807, 2.05) is 13.8 Å². The van der Waals surface area contributed by atoms with Crippen molar-refractivity contribution in [1.29, 1.82) is 0 Å². The second-order valence-corrected chi connectivity index (χ2v) is 4.90. The minimum absolute atomic E-state index is 0.196. The predicted molar refractivity (Wildman–Crippen MR) is 69.4 cm³/mol. The lowest BCUT2D eigenvalue weighted by Crippen LogP contribution is -2.40. The number of aliphatic hydroxyl groups is 1. The topological polar surface area (TPSA) is 49.3 Å². The minimum Gasteiger partial charge on any atom is -0.388 e. The molecule has 3 nitrogen and oxygen atoms in total. The Hall–Kier alpha value is -1.06. The summed E-state index contributed by atoms with van der Waals surface area (Å²) in [6.45, 7) is 5.66. The molecule has 0 radical (unpaired) electrons. The Morgan fingerprint density at radius 2 is 2.18 bits per heavy atom. The lowest BCUT2D eigenvalue weighted by molar-refractivity contribution is 0.0518. The highest BCUT2D eigenvalue weighted by atomic mass is 35.5. The molecule has 1 aromatic rings. The Morgan fingerprint density at radius 1 is 1.53 bits per heavy atom. The van der Waals surface area contributed by atoms with E-state index in [-0.39, 0.29) is 12.5 Å². The van der Waals surface area contributed by atoms with Crippen molar-refractivity contribution in [3.05, 3.63) is 34.3 Å².